The zero-order chi connectivity index (χ0) is 15.0. The first-order chi connectivity index (χ1) is 9.32. The Morgan fingerprint density at radius 1 is 1.35 bits per heavy atom. The number of rotatable bonds is 3. The summed E-state index contributed by atoms with van der Waals surface area (Å²) in [5, 5.41) is 20.1. The molecule has 0 saturated heterocycles. The van der Waals surface area contributed by atoms with E-state index in [9.17, 15) is 14.9 Å². The van der Waals surface area contributed by atoms with Crippen LogP contribution in [0.25, 0.3) is 5.69 Å². The first-order valence-corrected chi connectivity index (χ1v) is 5.86. The van der Waals surface area contributed by atoms with E-state index in [-0.39, 0.29) is 11.3 Å². The number of hydrogen-bond donors (Lipinski definition) is 1. The van der Waals surface area contributed by atoms with Crippen LogP contribution in [0.4, 0.5) is 5.69 Å². The molecule has 0 atom stereocenters. The normalized spacial score (nSPS) is 10.6. The Bertz CT molecular complexity index is 719. The number of aromatic carboxylic acids is 1. The highest BCUT2D eigenvalue weighted by Gasteiger charge is 2.20. The highest BCUT2D eigenvalue weighted by molar-refractivity contribution is 5.89. The van der Waals surface area contributed by atoms with Crippen LogP contribution >= 0.6 is 0 Å². The second kappa shape index (κ2) is 4.76. The first-order valence-electron chi connectivity index (χ1n) is 5.86. The zero-order valence-electron chi connectivity index (χ0n) is 11.2. The van der Waals surface area contributed by atoms with Crippen molar-refractivity contribution in [2.45, 2.75) is 20.8 Å². The van der Waals surface area contributed by atoms with Crippen molar-refractivity contribution in [2.24, 2.45) is 0 Å². The fraction of sp³-hybridized carbons (Fsp3) is 0.231. The van der Waals surface area contributed by atoms with E-state index in [2.05, 4.69) is 4.98 Å². The highest BCUT2D eigenvalue weighted by Crippen LogP contribution is 2.28. The number of hydrogen-bond acceptors (Lipinski definition) is 4. The summed E-state index contributed by atoms with van der Waals surface area (Å²) in [4.78, 5) is 25.7. The van der Waals surface area contributed by atoms with Crippen molar-refractivity contribution in [3.8, 4) is 5.69 Å². The Labute approximate surface area is 114 Å². The number of nitrogens with zero attached hydrogens (tertiary/aromatic N) is 3. The summed E-state index contributed by atoms with van der Waals surface area (Å²) in [6.45, 7) is 5.23. The van der Waals surface area contributed by atoms with Crippen LogP contribution in [0, 0.1) is 30.9 Å². The average Bonchev–Trinajstić information content (AvgIpc) is 2.70. The van der Waals surface area contributed by atoms with Gasteiger partial charge in [0, 0.05) is 11.8 Å². The zero-order valence-corrected chi connectivity index (χ0v) is 11.2. The van der Waals surface area contributed by atoms with Crippen molar-refractivity contribution in [2.75, 3.05) is 0 Å². The maximum atomic E-state index is 11.1. The molecular weight excluding hydrogens is 262 g/mol. The fourth-order valence-corrected chi connectivity index (χ4v) is 1.99. The molecule has 0 amide bonds. The van der Waals surface area contributed by atoms with Gasteiger partial charge in [0.1, 0.15) is 0 Å². The second-order valence-electron chi connectivity index (χ2n) is 4.49. The van der Waals surface area contributed by atoms with Crippen LogP contribution in [-0.4, -0.2) is 25.6 Å². The minimum Gasteiger partial charge on any atom is -0.478 e. The first kappa shape index (κ1) is 13.7. The van der Waals surface area contributed by atoms with E-state index in [1.54, 1.807) is 11.5 Å². The van der Waals surface area contributed by atoms with Crippen molar-refractivity contribution in [3.63, 3.8) is 0 Å². The van der Waals surface area contributed by atoms with Crippen molar-refractivity contribution >= 4 is 11.7 Å². The monoisotopic (exact) mass is 275 g/mol. The highest BCUT2D eigenvalue weighted by atomic mass is 16.6. The smallest absolute Gasteiger partial charge is 0.336 e. The number of imidazole rings is 1. The van der Waals surface area contributed by atoms with E-state index in [1.807, 2.05) is 13.8 Å². The molecular formula is C13H13N3O4. The van der Waals surface area contributed by atoms with Crippen LogP contribution in [0.1, 0.15) is 27.3 Å². The van der Waals surface area contributed by atoms with Gasteiger partial charge < -0.3 is 9.67 Å². The molecule has 0 aliphatic rings. The van der Waals surface area contributed by atoms with E-state index < -0.39 is 10.9 Å². The number of nitro benzene ring substituents is 1. The molecule has 0 saturated carbocycles. The van der Waals surface area contributed by atoms with Gasteiger partial charge in [-0.25, -0.2) is 9.78 Å². The topological polar surface area (TPSA) is 98.3 Å². The molecule has 0 fully saturated rings. The van der Waals surface area contributed by atoms with E-state index in [0.29, 0.717) is 11.3 Å². The Morgan fingerprint density at radius 2 is 2.00 bits per heavy atom. The van der Waals surface area contributed by atoms with Crippen molar-refractivity contribution < 1.29 is 14.8 Å². The molecule has 0 bridgehead atoms. The molecule has 0 aliphatic heterocycles. The van der Waals surface area contributed by atoms with Gasteiger partial charge in [0.05, 0.1) is 33.8 Å². The minimum absolute atomic E-state index is 0.122. The second-order valence-corrected chi connectivity index (χ2v) is 4.49. The quantitative estimate of drug-likeness (QED) is 0.685. The summed E-state index contributed by atoms with van der Waals surface area (Å²) in [6, 6.07) is 2.49. The van der Waals surface area contributed by atoms with Gasteiger partial charge >= 0.3 is 5.97 Å². The van der Waals surface area contributed by atoms with Crippen LogP contribution in [0.15, 0.2) is 18.5 Å². The van der Waals surface area contributed by atoms with Crippen LogP contribution in [-0.2, 0) is 0 Å². The SMILES string of the molecule is Cc1ncn(-c2cc(C(=O)O)cc([N+](=O)[O-])c2C)c1C. The number of benzene rings is 1. The number of carbonyl (C=O) groups is 1. The van der Waals surface area contributed by atoms with Crippen molar-refractivity contribution in [1.29, 1.82) is 0 Å². The molecule has 7 nitrogen and oxygen atoms in total. The number of carboxylic acid groups (broad SMARTS) is 1. The fourth-order valence-electron chi connectivity index (χ4n) is 1.99. The Morgan fingerprint density at radius 3 is 2.45 bits per heavy atom. The third kappa shape index (κ3) is 2.13. The summed E-state index contributed by atoms with van der Waals surface area (Å²) in [5.41, 5.74) is 2.11. The molecule has 0 aliphatic carbocycles. The maximum absolute atomic E-state index is 11.1. The molecule has 1 aromatic heterocycles. The molecule has 1 heterocycles. The lowest BCUT2D eigenvalue weighted by Gasteiger charge is -2.11. The molecule has 0 spiro atoms. The van der Waals surface area contributed by atoms with Gasteiger partial charge in [-0.2, -0.15) is 0 Å². The average molecular weight is 275 g/mol. The molecule has 1 N–H and O–H groups in total. The summed E-state index contributed by atoms with van der Waals surface area (Å²) < 4.78 is 1.66. The van der Waals surface area contributed by atoms with Gasteiger partial charge in [-0.05, 0) is 26.8 Å². The van der Waals surface area contributed by atoms with Gasteiger partial charge in [-0.15, -0.1) is 0 Å². The van der Waals surface area contributed by atoms with Gasteiger partial charge in [0.25, 0.3) is 5.69 Å². The Hall–Kier alpha value is -2.70. The number of carboxylic acids is 1. The number of aryl methyl sites for hydroxylation is 1. The summed E-state index contributed by atoms with van der Waals surface area (Å²) in [6.07, 6.45) is 1.53. The van der Waals surface area contributed by atoms with E-state index in [1.165, 1.54) is 12.4 Å². The Kier molecular flexibility index (Phi) is 3.27. The molecule has 2 aromatic rings. The summed E-state index contributed by atoms with van der Waals surface area (Å²) in [5.74, 6) is -1.20. The third-order valence-corrected chi connectivity index (χ3v) is 3.31. The van der Waals surface area contributed by atoms with Gasteiger partial charge in [0.15, 0.2) is 0 Å². The summed E-state index contributed by atoms with van der Waals surface area (Å²) in [7, 11) is 0. The van der Waals surface area contributed by atoms with E-state index in [0.717, 1.165) is 17.5 Å². The lowest BCUT2D eigenvalue weighted by molar-refractivity contribution is -0.385. The van der Waals surface area contributed by atoms with Crippen LogP contribution in [0.5, 0.6) is 0 Å². The van der Waals surface area contributed by atoms with Gasteiger partial charge in [0.2, 0.25) is 0 Å². The molecule has 0 unspecified atom stereocenters. The van der Waals surface area contributed by atoms with Crippen molar-refractivity contribution in [1.82, 2.24) is 9.55 Å². The predicted molar refractivity (Wildman–Crippen MR) is 71.4 cm³/mol. The molecule has 20 heavy (non-hydrogen) atoms. The third-order valence-electron chi connectivity index (χ3n) is 3.31. The number of nitro groups is 1. The summed E-state index contributed by atoms with van der Waals surface area (Å²) >= 11 is 0. The Balaban J connectivity index is 2.78. The van der Waals surface area contributed by atoms with Gasteiger partial charge in [-0.1, -0.05) is 0 Å². The predicted octanol–water partition coefficient (Wildman–Crippen LogP) is 2.40. The maximum Gasteiger partial charge on any atom is 0.336 e. The molecule has 7 heteroatoms. The standard InChI is InChI=1S/C13H13N3O4/c1-7-11(15-6-14-8(2)9(15)3)4-10(13(17)18)5-12(7)16(19)20/h4-6H,1-3H3,(H,17,18). The molecule has 2 rings (SSSR count). The number of aromatic nitrogens is 2. The van der Waals surface area contributed by atoms with Crippen LogP contribution in [0.2, 0.25) is 0 Å². The largest absolute Gasteiger partial charge is 0.478 e. The van der Waals surface area contributed by atoms with Crippen LogP contribution in [0.3, 0.4) is 0 Å². The lowest BCUT2D eigenvalue weighted by Crippen LogP contribution is -2.06. The lowest BCUT2D eigenvalue weighted by atomic mass is 10.1. The van der Waals surface area contributed by atoms with Crippen molar-refractivity contribution in [3.05, 3.63) is 51.1 Å². The van der Waals surface area contributed by atoms with E-state index >= 15 is 0 Å². The van der Waals surface area contributed by atoms with Gasteiger partial charge in [-0.3, -0.25) is 10.1 Å². The molecule has 104 valence electrons. The molecule has 1 aromatic carbocycles. The van der Waals surface area contributed by atoms with E-state index in [4.69, 9.17) is 5.11 Å². The van der Waals surface area contributed by atoms with Crippen LogP contribution < -0.4 is 0 Å². The molecule has 0 radical (unpaired) electrons. The minimum atomic E-state index is -1.20.